The minimum absolute atomic E-state index is 0.00893. The number of hydrogen-bond acceptors (Lipinski definition) is 6. The number of benzene rings is 1. The molecule has 0 fully saturated rings. The van der Waals surface area contributed by atoms with Crippen LogP contribution in [0.1, 0.15) is 45.1 Å². The van der Waals surface area contributed by atoms with Crippen molar-refractivity contribution >= 4 is 5.78 Å². The summed E-state index contributed by atoms with van der Waals surface area (Å²) in [6, 6.07) is 7.72. The number of rotatable bonds is 8. The maximum Gasteiger partial charge on any atom is 0.176 e. The Morgan fingerprint density at radius 3 is 2.74 bits per heavy atom. The maximum absolute atomic E-state index is 12.2. The Morgan fingerprint density at radius 1 is 1.37 bits per heavy atom. The number of ketones is 1. The molecule has 1 aliphatic rings. The van der Waals surface area contributed by atoms with Crippen LogP contribution in [0.2, 0.25) is 0 Å². The standard InChI is InChI=1S/C21H29NO5/c1-14(9-20(24)27-13-21(2,3)25)22-16-10-15(11-17(23)12-16)18-7-5-6-8-19(18)26-4/h5-9,12,15,20,22,24-25H,10-11,13H2,1-4H3/t15-,20?/m1/s1. The van der Waals surface area contributed by atoms with Crippen molar-refractivity contribution in [3.8, 4) is 5.75 Å². The van der Waals surface area contributed by atoms with E-state index >= 15 is 0 Å². The highest BCUT2D eigenvalue weighted by atomic mass is 16.6. The van der Waals surface area contributed by atoms with Gasteiger partial charge in [-0.3, -0.25) is 4.79 Å². The third-order valence-electron chi connectivity index (χ3n) is 4.19. The zero-order chi connectivity index (χ0) is 20.0. The van der Waals surface area contributed by atoms with Gasteiger partial charge in [0.2, 0.25) is 0 Å². The Bertz CT molecular complexity index is 718. The number of aliphatic hydroxyl groups excluding tert-OH is 1. The lowest BCUT2D eigenvalue weighted by Gasteiger charge is -2.25. The quantitative estimate of drug-likeness (QED) is 0.606. The zero-order valence-corrected chi connectivity index (χ0v) is 16.4. The van der Waals surface area contributed by atoms with Gasteiger partial charge in [0.15, 0.2) is 12.1 Å². The lowest BCUT2D eigenvalue weighted by molar-refractivity contribution is -0.115. The fraction of sp³-hybridized carbons (Fsp3) is 0.476. The summed E-state index contributed by atoms with van der Waals surface area (Å²) in [6.07, 6.45) is 3.06. The third-order valence-corrected chi connectivity index (χ3v) is 4.19. The number of hydrogen-bond donors (Lipinski definition) is 3. The van der Waals surface area contributed by atoms with E-state index in [-0.39, 0.29) is 18.3 Å². The zero-order valence-electron chi connectivity index (χ0n) is 16.4. The van der Waals surface area contributed by atoms with E-state index in [9.17, 15) is 15.0 Å². The van der Waals surface area contributed by atoms with Gasteiger partial charge in [-0.2, -0.15) is 0 Å². The lowest BCUT2D eigenvalue weighted by atomic mass is 9.85. The number of aliphatic hydroxyl groups is 2. The number of allylic oxidation sites excluding steroid dienone is 3. The first kappa shape index (κ1) is 21.2. The molecular formula is C21H29NO5. The topological polar surface area (TPSA) is 88.0 Å². The molecule has 0 heterocycles. The molecule has 0 amide bonds. The van der Waals surface area contributed by atoms with Gasteiger partial charge in [-0.15, -0.1) is 0 Å². The molecule has 0 bridgehead atoms. The van der Waals surface area contributed by atoms with Crippen molar-refractivity contribution in [2.75, 3.05) is 13.7 Å². The van der Waals surface area contributed by atoms with E-state index in [0.29, 0.717) is 18.5 Å². The minimum atomic E-state index is -1.14. The van der Waals surface area contributed by atoms with Gasteiger partial charge in [0.05, 0.1) is 19.3 Å². The van der Waals surface area contributed by atoms with Crippen LogP contribution in [-0.2, 0) is 9.53 Å². The molecule has 3 N–H and O–H groups in total. The van der Waals surface area contributed by atoms with Gasteiger partial charge in [-0.25, -0.2) is 0 Å². The number of nitrogens with one attached hydrogen (secondary N) is 1. The molecule has 27 heavy (non-hydrogen) atoms. The molecule has 2 atom stereocenters. The Morgan fingerprint density at radius 2 is 2.07 bits per heavy atom. The van der Waals surface area contributed by atoms with E-state index in [2.05, 4.69) is 5.32 Å². The van der Waals surface area contributed by atoms with E-state index in [1.54, 1.807) is 34.0 Å². The molecule has 2 rings (SSSR count). The van der Waals surface area contributed by atoms with Crippen molar-refractivity contribution in [1.29, 1.82) is 0 Å². The Balaban J connectivity index is 2.03. The van der Waals surface area contributed by atoms with Crippen LogP contribution < -0.4 is 10.1 Å². The number of para-hydroxylation sites is 1. The highest BCUT2D eigenvalue weighted by Crippen LogP contribution is 2.35. The molecule has 0 aromatic heterocycles. The van der Waals surface area contributed by atoms with Crippen LogP contribution in [0.5, 0.6) is 5.75 Å². The van der Waals surface area contributed by atoms with Crippen molar-refractivity contribution in [2.24, 2.45) is 0 Å². The highest BCUT2D eigenvalue weighted by molar-refractivity contribution is 5.92. The average Bonchev–Trinajstić information content (AvgIpc) is 2.58. The van der Waals surface area contributed by atoms with Crippen LogP contribution in [0.4, 0.5) is 0 Å². The van der Waals surface area contributed by atoms with E-state index in [0.717, 1.165) is 17.0 Å². The van der Waals surface area contributed by atoms with E-state index < -0.39 is 11.9 Å². The summed E-state index contributed by atoms with van der Waals surface area (Å²) < 4.78 is 10.6. The number of carbonyl (C=O) groups excluding carboxylic acids is 1. The van der Waals surface area contributed by atoms with Crippen molar-refractivity contribution in [2.45, 2.75) is 51.4 Å². The fourth-order valence-electron chi connectivity index (χ4n) is 3.05. The lowest BCUT2D eigenvalue weighted by Crippen LogP contribution is -2.29. The minimum Gasteiger partial charge on any atom is -0.496 e. The van der Waals surface area contributed by atoms with Crippen LogP contribution in [0.25, 0.3) is 0 Å². The predicted octanol–water partition coefficient (Wildman–Crippen LogP) is 2.62. The van der Waals surface area contributed by atoms with Gasteiger partial charge < -0.3 is 25.0 Å². The second kappa shape index (κ2) is 9.17. The average molecular weight is 375 g/mol. The summed E-state index contributed by atoms with van der Waals surface area (Å²) in [5, 5.41) is 22.7. The molecule has 0 saturated carbocycles. The monoisotopic (exact) mass is 375 g/mol. The first-order valence-corrected chi connectivity index (χ1v) is 9.02. The van der Waals surface area contributed by atoms with Gasteiger partial charge >= 0.3 is 0 Å². The largest absolute Gasteiger partial charge is 0.496 e. The van der Waals surface area contributed by atoms with Gasteiger partial charge in [-0.1, -0.05) is 18.2 Å². The van der Waals surface area contributed by atoms with E-state index in [1.807, 2.05) is 24.3 Å². The molecule has 0 aliphatic heterocycles. The van der Waals surface area contributed by atoms with Crippen molar-refractivity contribution in [1.82, 2.24) is 5.32 Å². The van der Waals surface area contributed by atoms with Crippen molar-refractivity contribution < 1.29 is 24.5 Å². The van der Waals surface area contributed by atoms with Gasteiger partial charge in [0, 0.05) is 29.8 Å². The number of methoxy groups -OCH3 is 1. The molecule has 1 unspecified atom stereocenters. The van der Waals surface area contributed by atoms with Crippen LogP contribution in [0.3, 0.4) is 0 Å². The molecule has 1 aromatic carbocycles. The summed E-state index contributed by atoms with van der Waals surface area (Å²) in [6.45, 7) is 5.00. The van der Waals surface area contributed by atoms with Gasteiger partial charge in [-0.05, 0) is 44.9 Å². The van der Waals surface area contributed by atoms with Gasteiger partial charge in [0.1, 0.15) is 5.75 Å². The Labute approximate surface area is 160 Å². The van der Waals surface area contributed by atoms with Crippen LogP contribution in [-0.4, -0.2) is 41.6 Å². The molecule has 1 aromatic rings. The van der Waals surface area contributed by atoms with Crippen LogP contribution in [0.15, 0.2) is 47.8 Å². The molecule has 0 spiro atoms. The second-order valence-electron chi connectivity index (χ2n) is 7.47. The second-order valence-corrected chi connectivity index (χ2v) is 7.47. The van der Waals surface area contributed by atoms with Crippen molar-refractivity contribution in [3.05, 3.63) is 53.4 Å². The smallest absolute Gasteiger partial charge is 0.176 e. The van der Waals surface area contributed by atoms with Gasteiger partial charge in [0.25, 0.3) is 0 Å². The number of carbonyl (C=O) groups is 1. The van der Waals surface area contributed by atoms with Crippen molar-refractivity contribution in [3.63, 3.8) is 0 Å². The molecule has 6 heteroatoms. The molecule has 0 radical (unpaired) electrons. The summed E-state index contributed by atoms with van der Waals surface area (Å²) in [5.74, 6) is 0.857. The molecule has 1 aliphatic carbocycles. The molecular weight excluding hydrogens is 346 g/mol. The maximum atomic E-state index is 12.2. The Hall–Kier alpha value is -2.15. The van der Waals surface area contributed by atoms with Crippen LogP contribution in [0, 0.1) is 0 Å². The summed E-state index contributed by atoms with van der Waals surface area (Å²) in [7, 11) is 1.63. The Kier molecular flexibility index (Phi) is 7.18. The summed E-state index contributed by atoms with van der Waals surface area (Å²) >= 11 is 0. The predicted molar refractivity (Wildman–Crippen MR) is 103 cm³/mol. The summed E-state index contributed by atoms with van der Waals surface area (Å²) in [5.41, 5.74) is 1.44. The normalized spacial score (nSPS) is 19.5. The van der Waals surface area contributed by atoms with E-state index in [1.165, 1.54) is 6.08 Å². The highest BCUT2D eigenvalue weighted by Gasteiger charge is 2.24. The SMILES string of the molecule is COc1ccccc1[C@H]1CC(=O)C=C(NC(C)=CC(O)OCC(C)(C)O)C1. The number of ether oxygens (including phenoxy) is 2. The fourth-order valence-corrected chi connectivity index (χ4v) is 3.05. The first-order chi connectivity index (χ1) is 12.7. The molecule has 0 saturated heterocycles. The summed E-state index contributed by atoms with van der Waals surface area (Å²) in [4.78, 5) is 12.2. The third kappa shape index (κ3) is 6.82. The van der Waals surface area contributed by atoms with Crippen LogP contribution >= 0.6 is 0 Å². The first-order valence-electron chi connectivity index (χ1n) is 9.02. The molecule has 148 valence electrons. The molecule has 6 nitrogen and oxygen atoms in total. The van der Waals surface area contributed by atoms with E-state index in [4.69, 9.17) is 9.47 Å².